The van der Waals surface area contributed by atoms with Gasteiger partial charge in [-0.1, -0.05) is 54.6 Å². The van der Waals surface area contributed by atoms with Gasteiger partial charge in [0.25, 0.3) is 0 Å². The van der Waals surface area contributed by atoms with E-state index in [1.807, 2.05) is 23.1 Å². The molecule has 32 heavy (non-hydrogen) atoms. The number of benzene rings is 2. The standard InChI is InChI=1S/C26H32FN3O2/c27-24-10-8-23(9-11-24)26(32)12-15-29(16-13-26)21-25(31)30-19-17-28(18-20-30)14-4-7-22-5-2-1-3-6-22/h1-11,32H,12-21H2/b7-4-. The summed E-state index contributed by atoms with van der Waals surface area (Å²) in [6.45, 7) is 5.88. The smallest absolute Gasteiger partial charge is 0.236 e. The summed E-state index contributed by atoms with van der Waals surface area (Å²) < 4.78 is 13.2. The van der Waals surface area contributed by atoms with Crippen molar-refractivity contribution in [3.63, 3.8) is 0 Å². The zero-order valence-corrected chi connectivity index (χ0v) is 18.5. The normalized spacial score (nSPS) is 20.0. The first-order valence-electron chi connectivity index (χ1n) is 11.4. The molecule has 2 aliphatic rings. The van der Waals surface area contributed by atoms with E-state index in [-0.39, 0.29) is 11.7 Å². The molecule has 0 aliphatic carbocycles. The number of nitrogens with zero attached hydrogens (tertiary/aromatic N) is 3. The van der Waals surface area contributed by atoms with Gasteiger partial charge in [-0.15, -0.1) is 0 Å². The largest absolute Gasteiger partial charge is 0.385 e. The van der Waals surface area contributed by atoms with Gasteiger partial charge in [-0.3, -0.25) is 14.6 Å². The Morgan fingerprint density at radius 1 is 0.906 bits per heavy atom. The van der Waals surface area contributed by atoms with Crippen molar-refractivity contribution in [2.45, 2.75) is 18.4 Å². The lowest BCUT2D eigenvalue weighted by atomic mass is 9.84. The van der Waals surface area contributed by atoms with E-state index < -0.39 is 5.60 Å². The predicted octanol–water partition coefficient (Wildman–Crippen LogP) is 2.97. The van der Waals surface area contributed by atoms with Crippen LogP contribution in [0.25, 0.3) is 6.08 Å². The molecule has 2 aliphatic heterocycles. The van der Waals surface area contributed by atoms with E-state index in [4.69, 9.17) is 0 Å². The van der Waals surface area contributed by atoms with Gasteiger partial charge in [0, 0.05) is 45.8 Å². The molecule has 0 unspecified atom stereocenters. The van der Waals surface area contributed by atoms with Crippen LogP contribution >= 0.6 is 0 Å². The first-order chi connectivity index (χ1) is 15.5. The average Bonchev–Trinajstić information content (AvgIpc) is 2.82. The minimum absolute atomic E-state index is 0.164. The molecule has 0 aromatic heterocycles. The van der Waals surface area contributed by atoms with Crippen molar-refractivity contribution in [1.82, 2.24) is 14.7 Å². The summed E-state index contributed by atoms with van der Waals surface area (Å²) in [4.78, 5) is 19.2. The third kappa shape index (κ3) is 5.82. The minimum Gasteiger partial charge on any atom is -0.385 e. The van der Waals surface area contributed by atoms with Crippen LogP contribution in [-0.4, -0.2) is 78.1 Å². The molecule has 2 heterocycles. The summed E-state index contributed by atoms with van der Waals surface area (Å²) in [7, 11) is 0. The molecule has 1 amide bonds. The second kappa shape index (κ2) is 10.4. The maximum Gasteiger partial charge on any atom is 0.236 e. The van der Waals surface area contributed by atoms with Crippen molar-refractivity contribution >= 4 is 12.0 Å². The molecule has 2 fully saturated rings. The van der Waals surface area contributed by atoms with E-state index in [2.05, 4.69) is 34.1 Å². The number of rotatable bonds is 6. The third-order valence-corrected chi connectivity index (χ3v) is 6.62. The number of hydrogen-bond acceptors (Lipinski definition) is 4. The molecule has 0 radical (unpaired) electrons. The molecular formula is C26H32FN3O2. The van der Waals surface area contributed by atoms with Crippen molar-refractivity contribution in [1.29, 1.82) is 0 Å². The zero-order chi connectivity index (χ0) is 22.4. The van der Waals surface area contributed by atoms with Gasteiger partial charge in [0.1, 0.15) is 5.82 Å². The topological polar surface area (TPSA) is 47.0 Å². The highest BCUT2D eigenvalue weighted by atomic mass is 19.1. The van der Waals surface area contributed by atoms with Gasteiger partial charge in [-0.2, -0.15) is 0 Å². The van der Waals surface area contributed by atoms with Crippen LogP contribution in [-0.2, 0) is 10.4 Å². The Morgan fingerprint density at radius 3 is 2.22 bits per heavy atom. The number of carbonyl (C=O) groups excluding carboxylic acids is 1. The minimum atomic E-state index is -0.938. The fraction of sp³-hybridized carbons (Fsp3) is 0.423. The number of amides is 1. The van der Waals surface area contributed by atoms with Gasteiger partial charge in [-0.25, -0.2) is 4.39 Å². The summed E-state index contributed by atoms with van der Waals surface area (Å²) in [5.74, 6) is -0.135. The van der Waals surface area contributed by atoms with E-state index in [1.54, 1.807) is 12.1 Å². The van der Waals surface area contributed by atoms with Crippen molar-refractivity contribution in [2.75, 3.05) is 52.4 Å². The summed E-state index contributed by atoms with van der Waals surface area (Å²) in [5, 5.41) is 11.0. The highest BCUT2D eigenvalue weighted by molar-refractivity contribution is 5.78. The fourth-order valence-corrected chi connectivity index (χ4v) is 4.50. The number of halogens is 1. The Morgan fingerprint density at radius 2 is 1.56 bits per heavy atom. The Labute approximate surface area is 189 Å². The maximum atomic E-state index is 13.2. The van der Waals surface area contributed by atoms with Gasteiger partial charge in [0.05, 0.1) is 12.1 Å². The van der Waals surface area contributed by atoms with Crippen molar-refractivity contribution in [3.8, 4) is 0 Å². The van der Waals surface area contributed by atoms with E-state index in [0.717, 1.165) is 38.3 Å². The Bertz CT molecular complexity index is 900. The quantitative estimate of drug-likeness (QED) is 0.755. The van der Waals surface area contributed by atoms with Crippen LogP contribution in [0.5, 0.6) is 0 Å². The zero-order valence-electron chi connectivity index (χ0n) is 18.5. The number of piperazine rings is 1. The fourth-order valence-electron chi connectivity index (χ4n) is 4.50. The van der Waals surface area contributed by atoms with E-state index in [0.29, 0.717) is 32.5 Å². The molecule has 0 bridgehead atoms. The van der Waals surface area contributed by atoms with Crippen molar-refractivity contribution in [3.05, 3.63) is 77.6 Å². The van der Waals surface area contributed by atoms with Crippen LogP contribution in [0, 0.1) is 5.82 Å². The second-order valence-electron chi connectivity index (χ2n) is 8.81. The van der Waals surface area contributed by atoms with E-state index in [1.165, 1.54) is 17.7 Å². The van der Waals surface area contributed by atoms with Gasteiger partial charge in [0.2, 0.25) is 5.91 Å². The first-order valence-corrected chi connectivity index (χ1v) is 11.4. The lowest BCUT2D eigenvalue weighted by Gasteiger charge is -2.40. The molecule has 1 N–H and O–H groups in total. The van der Waals surface area contributed by atoms with E-state index >= 15 is 0 Å². The Kier molecular flexibility index (Phi) is 7.35. The highest BCUT2D eigenvalue weighted by Crippen LogP contribution is 2.32. The van der Waals surface area contributed by atoms with Crippen molar-refractivity contribution in [2.24, 2.45) is 0 Å². The summed E-state index contributed by atoms with van der Waals surface area (Å²) in [6, 6.07) is 16.4. The highest BCUT2D eigenvalue weighted by Gasteiger charge is 2.35. The summed E-state index contributed by atoms with van der Waals surface area (Å²) >= 11 is 0. The predicted molar refractivity (Wildman–Crippen MR) is 124 cm³/mol. The molecule has 4 rings (SSSR count). The molecule has 0 atom stereocenters. The molecule has 2 saturated heterocycles. The first kappa shape index (κ1) is 22.6. The molecule has 0 spiro atoms. The third-order valence-electron chi connectivity index (χ3n) is 6.62. The molecule has 170 valence electrons. The summed E-state index contributed by atoms with van der Waals surface area (Å²) in [5.41, 5.74) is 1.02. The number of carbonyl (C=O) groups is 1. The number of hydrogen-bond donors (Lipinski definition) is 1. The Hall–Kier alpha value is -2.54. The Balaban J connectivity index is 1.18. The van der Waals surface area contributed by atoms with Crippen LogP contribution < -0.4 is 0 Å². The average molecular weight is 438 g/mol. The lowest BCUT2D eigenvalue weighted by Crippen LogP contribution is -2.52. The molecule has 0 saturated carbocycles. The van der Waals surface area contributed by atoms with Crippen LogP contribution in [0.3, 0.4) is 0 Å². The molecule has 6 heteroatoms. The summed E-state index contributed by atoms with van der Waals surface area (Å²) in [6.07, 6.45) is 5.42. The van der Waals surface area contributed by atoms with Crippen LogP contribution in [0.4, 0.5) is 4.39 Å². The van der Waals surface area contributed by atoms with Gasteiger partial charge in [0.15, 0.2) is 0 Å². The second-order valence-corrected chi connectivity index (χ2v) is 8.81. The molecule has 2 aromatic carbocycles. The van der Waals surface area contributed by atoms with Crippen LogP contribution in [0.15, 0.2) is 60.7 Å². The number of piperidine rings is 1. The maximum absolute atomic E-state index is 13.2. The lowest BCUT2D eigenvalue weighted by molar-refractivity contribution is -0.135. The van der Waals surface area contributed by atoms with Gasteiger partial charge < -0.3 is 10.0 Å². The van der Waals surface area contributed by atoms with Crippen LogP contribution in [0.1, 0.15) is 24.0 Å². The SMILES string of the molecule is O=C(CN1CCC(O)(c2ccc(F)cc2)CC1)N1CCN(C/C=C\c2ccccc2)CC1. The molecule has 5 nitrogen and oxygen atoms in total. The van der Waals surface area contributed by atoms with Gasteiger partial charge in [-0.05, 0) is 36.1 Å². The molecule has 2 aromatic rings. The number of aliphatic hydroxyl groups is 1. The van der Waals surface area contributed by atoms with Crippen molar-refractivity contribution < 1.29 is 14.3 Å². The van der Waals surface area contributed by atoms with Crippen LogP contribution in [0.2, 0.25) is 0 Å². The number of likely N-dealkylation sites (tertiary alicyclic amines) is 1. The molecular weight excluding hydrogens is 405 g/mol. The van der Waals surface area contributed by atoms with Gasteiger partial charge >= 0.3 is 0 Å². The monoisotopic (exact) mass is 437 g/mol. The van der Waals surface area contributed by atoms with E-state index in [9.17, 15) is 14.3 Å².